The minimum Gasteiger partial charge on any atom is -0.469 e. The van der Waals surface area contributed by atoms with Crippen molar-refractivity contribution >= 4 is 12.3 Å². The van der Waals surface area contributed by atoms with Gasteiger partial charge >= 0.3 is 6.09 Å². The number of aliphatic imine (C=N–C) groups is 1. The SMILES string of the molecule is O=C(NC1=COC=CC=N1)OCc1ccccc1. The molecule has 0 bridgehead atoms. The summed E-state index contributed by atoms with van der Waals surface area (Å²) in [5.74, 6) is 0.290. The van der Waals surface area contributed by atoms with Gasteiger partial charge in [0.15, 0.2) is 5.82 Å². The molecule has 0 unspecified atom stereocenters. The highest BCUT2D eigenvalue weighted by atomic mass is 16.5. The molecular weight excluding hydrogens is 232 g/mol. The van der Waals surface area contributed by atoms with Crippen molar-refractivity contribution in [3.63, 3.8) is 0 Å². The number of hydrogen-bond acceptors (Lipinski definition) is 4. The van der Waals surface area contributed by atoms with Gasteiger partial charge in [-0.3, -0.25) is 5.32 Å². The highest BCUT2D eigenvalue weighted by molar-refractivity contribution is 5.74. The van der Waals surface area contributed by atoms with E-state index in [1.54, 1.807) is 6.08 Å². The number of ether oxygens (including phenoxy) is 2. The maximum Gasteiger partial charge on any atom is 0.413 e. The number of allylic oxidation sites excluding steroid dienone is 1. The standard InChI is InChI=1S/C13H12N2O3/c16-13(15-12-10-17-8-4-7-14-12)18-9-11-5-2-1-3-6-11/h1-8,10H,9H2,(H,15,16). The van der Waals surface area contributed by atoms with Gasteiger partial charge in [-0.1, -0.05) is 30.3 Å². The molecule has 1 aromatic rings. The van der Waals surface area contributed by atoms with E-state index >= 15 is 0 Å². The van der Waals surface area contributed by atoms with Crippen LogP contribution in [-0.4, -0.2) is 12.3 Å². The van der Waals surface area contributed by atoms with Gasteiger partial charge in [0.05, 0.1) is 6.26 Å². The van der Waals surface area contributed by atoms with Crippen LogP contribution in [0.1, 0.15) is 5.56 Å². The quantitative estimate of drug-likeness (QED) is 0.887. The molecule has 92 valence electrons. The molecule has 18 heavy (non-hydrogen) atoms. The zero-order valence-electron chi connectivity index (χ0n) is 9.58. The van der Waals surface area contributed by atoms with Crippen LogP contribution in [0.15, 0.2) is 59.7 Å². The van der Waals surface area contributed by atoms with E-state index in [0.29, 0.717) is 0 Å². The fourth-order valence-corrected chi connectivity index (χ4v) is 1.26. The summed E-state index contributed by atoms with van der Waals surface area (Å²) in [5, 5.41) is 2.47. The van der Waals surface area contributed by atoms with Crippen molar-refractivity contribution in [2.24, 2.45) is 4.99 Å². The molecule has 1 amide bonds. The number of alkyl carbamates (subject to hydrolysis) is 1. The molecule has 1 aliphatic rings. The monoisotopic (exact) mass is 244 g/mol. The lowest BCUT2D eigenvalue weighted by molar-refractivity contribution is 0.142. The smallest absolute Gasteiger partial charge is 0.413 e. The summed E-state index contributed by atoms with van der Waals surface area (Å²) in [4.78, 5) is 15.4. The van der Waals surface area contributed by atoms with E-state index in [9.17, 15) is 4.79 Å². The largest absolute Gasteiger partial charge is 0.469 e. The van der Waals surface area contributed by atoms with Crippen molar-refractivity contribution < 1.29 is 14.3 Å². The van der Waals surface area contributed by atoms with Gasteiger partial charge in [0.1, 0.15) is 12.9 Å². The van der Waals surface area contributed by atoms with Crippen molar-refractivity contribution in [3.05, 3.63) is 60.3 Å². The Morgan fingerprint density at radius 2 is 2.17 bits per heavy atom. The van der Waals surface area contributed by atoms with Crippen molar-refractivity contribution in [2.75, 3.05) is 0 Å². The van der Waals surface area contributed by atoms with E-state index in [-0.39, 0.29) is 12.4 Å². The van der Waals surface area contributed by atoms with E-state index in [4.69, 9.17) is 9.47 Å². The summed E-state index contributed by atoms with van der Waals surface area (Å²) >= 11 is 0. The molecule has 2 rings (SSSR count). The Kier molecular flexibility index (Phi) is 4.13. The minimum absolute atomic E-state index is 0.211. The lowest BCUT2D eigenvalue weighted by Gasteiger charge is -2.06. The van der Waals surface area contributed by atoms with Gasteiger partial charge in [-0.05, 0) is 11.6 Å². The first-order chi connectivity index (χ1) is 8.84. The number of carbonyl (C=O) groups is 1. The van der Waals surface area contributed by atoms with E-state index in [1.165, 1.54) is 18.7 Å². The van der Waals surface area contributed by atoms with Gasteiger partial charge in [0.2, 0.25) is 0 Å². The summed E-state index contributed by atoms with van der Waals surface area (Å²) in [7, 11) is 0. The number of rotatable bonds is 3. The molecule has 0 spiro atoms. The average molecular weight is 244 g/mol. The predicted octanol–water partition coefficient (Wildman–Crippen LogP) is 2.33. The maximum absolute atomic E-state index is 11.5. The lowest BCUT2D eigenvalue weighted by atomic mass is 10.2. The Morgan fingerprint density at radius 3 is 3.00 bits per heavy atom. The van der Waals surface area contributed by atoms with Crippen molar-refractivity contribution in [2.45, 2.75) is 6.61 Å². The van der Waals surface area contributed by atoms with Gasteiger partial charge in [-0.25, -0.2) is 9.79 Å². The molecule has 1 aliphatic heterocycles. The van der Waals surface area contributed by atoms with Crippen LogP contribution in [0.5, 0.6) is 0 Å². The summed E-state index contributed by atoms with van der Waals surface area (Å²) in [5.41, 5.74) is 0.920. The van der Waals surface area contributed by atoms with E-state index in [0.717, 1.165) is 5.56 Å². The Balaban J connectivity index is 1.81. The lowest BCUT2D eigenvalue weighted by Crippen LogP contribution is -2.22. The zero-order chi connectivity index (χ0) is 12.6. The van der Waals surface area contributed by atoms with Crippen molar-refractivity contribution in [1.29, 1.82) is 0 Å². The number of nitrogens with one attached hydrogen (secondary N) is 1. The molecule has 0 aromatic heterocycles. The highest BCUT2D eigenvalue weighted by Gasteiger charge is 2.05. The van der Waals surface area contributed by atoms with Crippen molar-refractivity contribution in [1.82, 2.24) is 5.32 Å². The summed E-state index contributed by atoms with van der Waals surface area (Å²) < 4.78 is 9.96. The van der Waals surface area contributed by atoms with Crippen LogP contribution in [0.25, 0.3) is 0 Å². The van der Waals surface area contributed by atoms with Gasteiger partial charge in [0, 0.05) is 6.21 Å². The fraction of sp³-hybridized carbons (Fsp3) is 0.0769. The van der Waals surface area contributed by atoms with Crippen LogP contribution in [0.3, 0.4) is 0 Å². The Hall–Kier alpha value is -2.56. The molecule has 1 heterocycles. The molecule has 1 aromatic carbocycles. The second-order valence-electron chi connectivity index (χ2n) is 3.43. The molecule has 0 saturated carbocycles. The van der Waals surface area contributed by atoms with Gasteiger partial charge in [-0.15, -0.1) is 0 Å². The van der Waals surface area contributed by atoms with Crippen LogP contribution in [0.4, 0.5) is 4.79 Å². The first-order valence-corrected chi connectivity index (χ1v) is 5.37. The molecule has 0 radical (unpaired) electrons. The molecule has 0 saturated heterocycles. The topological polar surface area (TPSA) is 59.9 Å². The summed E-state index contributed by atoms with van der Waals surface area (Å²) in [6.45, 7) is 0.211. The molecule has 5 nitrogen and oxygen atoms in total. The van der Waals surface area contributed by atoms with Gasteiger partial charge in [-0.2, -0.15) is 0 Å². The number of benzene rings is 1. The van der Waals surface area contributed by atoms with Crippen LogP contribution >= 0.6 is 0 Å². The minimum atomic E-state index is -0.576. The third-order valence-electron chi connectivity index (χ3n) is 2.08. The second-order valence-corrected chi connectivity index (χ2v) is 3.43. The van der Waals surface area contributed by atoms with Crippen LogP contribution in [0, 0.1) is 0 Å². The second kappa shape index (κ2) is 6.24. The molecular formula is C13H12N2O3. The predicted molar refractivity (Wildman–Crippen MR) is 66.6 cm³/mol. The highest BCUT2D eigenvalue weighted by Crippen LogP contribution is 2.02. The van der Waals surface area contributed by atoms with E-state index in [1.807, 2.05) is 30.3 Å². The Bertz CT molecular complexity index is 492. The normalized spacial score (nSPS) is 13.2. The van der Waals surface area contributed by atoms with Crippen LogP contribution in [-0.2, 0) is 16.1 Å². The number of nitrogens with zero attached hydrogens (tertiary/aromatic N) is 1. The zero-order valence-corrected chi connectivity index (χ0v) is 9.58. The Labute approximate surface area is 104 Å². The fourth-order valence-electron chi connectivity index (χ4n) is 1.26. The third-order valence-corrected chi connectivity index (χ3v) is 2.08. The Morgan fingerprint density at radius 1 is 1.33 bits per heavy atom. The van der Waals surface area contributed by atoms with Crippen molar-refractivity contribution in [3.8, 4) is 0 Å². The molecule has 0 aliphatic carbocycles. The summed E-state index contributed by atoms with van der Waals surface area (Å²) in [6, 6.07) is 9.42. The van der Waals surface area contributed by atoms with Crippen LogP contribution in [0.2, 0.25) is 0 Å². The maximum atomic E-state index is 11.5. The molecule has 1 N–H and O–H groups in total. The summed E-state index contributed by atoms with van der Waals surface area (Å²) in [6.07, 6.45) is 5.32. The molecule has 0 atom stereocenters. The first-order valence-electron chi connectivity index (χ1n) is 5.37. The molecule has 5 heteroatoms. The van der Waals surface area contributed by atoms with E-state index in [2.05, 4.69) is 10.3 Å². The number of hydrogen-bond donors (Lipinski definition) is 1. The van der Waals surface area contributed by atoms with Gasteiger partial charge < -0.3 is 9.47 Å². The molecule has 0 fully saturated rings. The third kappa shape index (κ3) is 3.79. The number of carbonyl (C=O) groups excluding carboxylic acids is 1. The number of amides is 1. The van der Waals surface area contributed by atoms with E-state index < -0.39 is 6.09 Å². The first kappa shape index (κ1) is 11.9. The van der Waals surface area contributed by atoms with Crippen LogP contribution < -0.4 is 5.32 Å². The van der Waals surface area contributed by atoms with Gasteiger partial charge in [0.25, 0.3) is 0 Å². The average Bonchev–Trinajstić information content (AvgIpc) is 2.66.